The van der Waals surface area contributed by atoms with Crippen molar-refractivity contribution < 1.29 is 9.53 Å². The van der Waals surface area contributed by atoms with Gasteiger partial charge in [0.2, 0.25) is 0 Å². The summed E-state index contributed by atoms with van der Waals surface area (Å²) in [6, 6.07) is 7.66. The van der Waals surface area contributed by atoms with E-state index in [2.05, 4.69) is 19.7 Å². The smallest absolute Gasteiger partial charge is 0.358 e. The van der Waals surface area contributed by atoms with E-state index in [1.165, 1.54) is 13.3 Å². The van der Waals surface area contributed by atoms with Crippen LogP contribution in [0.2, 0.25) is 0 Å². The number of ether oxygens (including phenoxy) is 1. The molecular weight excluding hydrogens is 244 g/mol. The summed E-state index contributed by atoms with van der Waals surface area (Å²) < 4.78 is 6.40. The Hall–Kier alpha value is -2.76. The maximum atomic E-state index is 11.4. The van der Waals surface area contributed by atoms with Crippen molar-refractivity contribution in [2.45, 2.75) is 0 Å². The molecule has 0 bridgehead atoms. The van der Waals surface area contributed by atoms with Crippen LogP contribution in [0, 0.1) is 0 Å². The van der Waals surface area contributed by atoms with Gasteiger partial charge < -0.3 is 4.74 Å². The highest BCUT2D eigenvalue weighted by Crippen LogP contribution is 2.15. The molecule has 0 N–H and O–H groups in total. The average molecular weight is 254 g/mol. The van der Waals surface area contributed by atoms with Crippen LogP contribution in [0.3, 0.4) is 0 Å². The normalized spacial score (nSPS) is 10.6. The van der Waals surface area contributed by atoms with Crippen molar-refractivity contribution in [3.8, 4) is 5.82 Å². The third-order valence-corrected chi connectivity index (χ3v) is 2.72. The lowest BCUT2D eigenvalue weighted by molar-refractivity contribution is 0.0593. The minimum Gasteiger partial charge on any atom is -0.464 e. The number of imidazole rings is 1. The van der Waals surface area contributed by atoms with E-state index < -0.39 is 5.97 Å². The third-order valence-electron chi connectivity index (χ3n) is 2.72. The van der Waals surface area contributed by atoms with E-state index in [4.69, 9.17) is 0 Å². The third kappa shape index (κ3) is 1.93. The number of carbonyl (C=O) groups is 1. The summed E-state index contributed by atoms with van der Waals surface area (Å²) in [6.45, 7) is 0. The van der Waals surface area contributed by atoms with Gasteiger partial charge >= 0.3 is 5.97 Å². The van der Waals surface area contributed by atoms with Crippen LogP contribution in [0.25, 0.3) is 16.9 Å². The van der Waals surface area contributed by atoms with Crippen molar-refractivity contribution in [2.24, 2.45) is 0 Å². The van der Waals surface area contributed by atoms with Gasteiger partial charge in [-0.2, -0.15) is 0 Å². The van der Waals surface area contributed by atoms with Crippen molar-refractivity contribution in [1.82, 2.24) is 19.5 Å². The number of esters is 1. The van der Waals surface area contributed by atoms with Gasteiger partial charge in [0.1, 0.15) is 6.33 Å². The number of fused-ring (bicyclic) bond motifs is 1. The first-order valence-corrected chi connectivity index (χ1v) is 5.62. The Kier molecular flexibility index (Phi) is 2.68. The summed E-state index contributed by atoms with van der Waals surface area (Å²) in [6.07, 6.45) is 4.59. The largest absolute Gasteiger partial charge is 0.464 e. The number of carbonyl (C=O) groups excluding carboxylic acids is 1. The molecule has 1 aromatic carbocycles. The van der Waals surface area contributed by atoms with E-state index >= 15 is 0 Å². The second-order valence-corrected chi connectivity index (χ2v) is 3.86. The van der Waals surface area contributed by atoms with Gasteiger partial charge in [-0.15, -0.1) is 0 Å². The van der Waals surface area contributed by atoms with Gasteiger partial charge in [-0.05, 0) is 12.1 Å². The predicted octanol–water partition coefficient (Wildman–Crippen LogP) is 1.60. The topological polar surface area (TPSA) is 69.9 Å². The zero-order chi connectivity index (χ0) is 13.2. The molecule has 2 aromatic heterocycles. The molecule has 0 radical (unpaired) electrons. The van der Waals surface area contributed by atoms with Crippen LogP contribution in [-0.4, -0.2) is 32.6 Å². The number of rotatable bonds is 2. The summed E-state index contributed by atoms with van der Waals surface area (Å²) in [5, 5.41) is 0. The molecular formula is C13H10N4O2. The molecule has 0 amide bonds. The van der Waals surface area contributed by atoms with Crippen LogP contribution >= 0.6 is 0 Å². The van der Waals surface area contributed by atoms with Crippen molar-refractivity contribution in [2.75, 3.05) is 7.11 Å². The molecule has 2 heterocycles. The number of benzene rings is 1. The first-order valence-electron chi connectivity index (χ1n) is 5.62. The number of aromatic nitrogens is 4. The summed E-state index contributed by atoms with van der Waals surface area (Å²) in [5.74, 6) is 0.00960. The highest BCUT2D eigenvalue weighted by molar-refractivity contribution is 5.87. The molecule has 3 rings (SSSR count). The van der Waals surface area contributed by atoms with E-state index in [9.17, 15) is 4.79 Å². The van der Waals surface area contributed by atoms with Gasteiger partial charge in [0.05, 0.1) is 30.5 Å². The fraction of sp³-hybridized carbons (Fsp3) is 0.0769. The first-order chi connectivity index (χ1) is 9.29. The molecule has 3 aromatic rings. The minimum atomic E-state index is -0.515. The number of nitrogens with zero attached hydrogens (tertiary/aromatic N) is 4. The molecule has 0 unspecified atom stereocenters. The molecule has 0 saturated carbocycles. The van der Waals surface area contributed by atoms with Gasteiger partial charge in [0.15, 0.2) is 11.5 Å². The zero-order valence-corrected chi connectivity index (χ0v) is 10.1. The van der Waals surface area contributed by atoms with Gasteiger partial charge in [-0.3, -0.25) is 9.55 Å². The number of hydrogen-bond acceptors (Lipinski definition) is 5. The fourth-order valence-corrected chi connectivity index (χ4v) is 1.82. The highest BCUT2D eigenvalue weighted by Gasteiger charge is 2.11. The molecule has 0 saturated heterocycles. The fourth-order valence-electron chi connectivity index (χ4n) is 1.82. The predicted molar refractivity (Wildman–Crippen MR) is 68.0 cm³/mol. The number of para-hydroxylation sites is 2. The van der Waals surface area contributed by atoms with E-state index in [-0.39, 0.29) is 5.69 Å². The Morgan fingerprint density at radius 1 is 1.26 bits per heavy atom. The monoisotopic (exact) mass is 254 g/mol. The second-order valence-electron chi connectivity index (χ2n) is 3.86. The number of methoxy groups -OCH3 is 1. The van der Waals surface area contributed by atoms with Gasteiger partial charge in [0.25, 0.3) is 0 Å². The first kappa shape index (κ1) is 11.3. The SMILES string of the molecule is COC(=O)c1cncc(-n2cnc3ccccc32)n1. The van der Waals surface area contributed by atoms with Gasteiger partial charge in [-0.25, -0.2) is 14.8 Å². The van der Waals surface area contributed by atoms with E-state index in [1.807, 2.05) is 24.3 Å². The molecule has 0 aliphatic rings. The van der Waals surface area contributed by atoms with Crippen molar-refractivity contribution in [3.05, 3.63) is 48.7 Å². The molecule has 0 fully saturated rings. The molecule has 94 valence electrons. The van der Waals surface area contributed by atoms with Crippen molar-refractivity contribution in [1.29, 1.82) is 0 Å². The van der Waals surface area contributed by atoms with Crippen molar-refractivity contribution >= 4 is 17.0 Å². The summed E-state index contributed by atoms with van der Waals surface area (Å²) in [7, 11) is 1.31. The van der Waals surface area contributed by atoms with E-state index in [0.717, 1.165) is 11.0 Å². The maximum absolute atomic E-state index is 11.4. The standard InChI is InChI=1S/C13H10N4O2/c1-19-13(18)10-6-14-7-12(16-10)17-8-15-9-4-2-3-5-11(9)17/h2-8H,1H3. The van der Waals surface area contributed by atoms with Crippen LogP contribution in [0.5, 0.6) is 0 Å². The molecule has 19 heavy (non-hydrogen) atoms. The van der Waals surface area contributed by atoms with E-state index in [1.54, 1.807) is 17.1 Å². The lowest BCUT2D eigenvalue weighted by Crippen LogP contribution is -2.07. The Morgan fingerprint density at radius 3 is 2.95 bits per heavy atom. The summed E-state index contributed by atoms with van der Waals surface area (Å²) in [4.78, 5) is 23.9. The van der Waals surface area contributed by atoms with Crippen molar-refractivity contribution in [3.63, 3.8) is 0 Å². The molecule has 0 atom stereocenters. The average Bonchev–Trinajstić information content (AvgIpc) is 2.90. The van der Waals surface area contributed by atoms with E-state index in [0.29, 0.717) is 5.82 Å². The number of hydrogen-bond donors (Lipinski definition) is 0. The Bertz CT molecular complexity index is 751. The lowest BCUT2D eigenvalue weighted by atomic mass is 10.3. The zero-order valence-electron chi connectivity index (χ0n) is 10.1. The highest BCUT2D eigenvalue weighted by atomic mass is 16.5. The minimum absolute atomic E-state index is 0.165. The summed E-state index contributed by atoms with van der Waals surface area (Å²) >= 11 is 0. The molecule has 6 heteroatoms. The lowest BCUT2D eigenvalue weighted by Gasteiger charge is -2.04. The van der Waals surface area contributed by atoms with Crippen LogP contribution in [-0.2, 0) is 4.74 Å². The van der Waals surface area contributed by atoms with Crippen LogP contribution in [0.15, 0.2) is 43.0 Å². The molecule has 6 nitrogen and oxygen atoms in total. The molecule has 0 spiro atoms. The van der Waals surface area contributed by atoms with Crippen LogP contribution in [0.4, 0.5) is 0 Å². The molecule has 0 aliphatic carbocycles. The Morgan fingerprint density at radius 2 is 2.11 bits per heavy atom. The second kappa shape index (κ2) is 4.49. The van der Waals surface area contributed by atoms with Gasteiger partial charge in [0, 0.05) is 0 Å². The quantitative estimate of drug-likeness (QED) is 0.650. The Balaban J connectivity index is 2.14. The Labute approximate surface area is 108 Å². The van der Waals surface area contributed by atoms with Crippen LogP contribution in [0.1, 0.15) is 10.5 Å². The van der Waals surface area contributed by atoms with Gasteiger partial charge in [-0.1, -0.05) is 12.1 Å². The summed E-state index contributed by atoms with van der Waals surface area (Å²) in [5.41, 5.74) is 1.92. The maximum Gasteiger partial charge on any atom is 0.358 e. The van der Waals surface area contributed by atoms with Crippen LogP contribution < -0.4 is 0 Å². The molecule has 0 aliphatic heterocycles.